The zero-order valence-corrected chi connectivity index (χ0v) is 10.2. The summed E-state index contributed by atoms with van der Waals surface area (Å²) in [5.41, 5.74) is -1.29. The molecule has 2 aliphatic rings. The molecule has 16 heavy (non-hydrogen) atoms. The van der Waals surface area contributed by atoms with Crippen LogP contribution < -0.4 is 0 Å². The van der Waals surface area contributed by atoms with Crippen LogP contribution in [0.3, 0.4) is 0 Å². The van der Waals surface area contributed by atoms with Gasteiger partial charge in [0.1, 0.15) is 0 Å². The summed E-state index contributed by atoms with van der Waals surface area (Å²) in [4.78, 5) is 0. The zero-order valence-electron chi connectivity index (χ0n) is 10.2. The Kier molecular flexibility index (Phi) is 2.98. The molecule has 2 fully saturated rings. The van der Waals surface area contributed by atoms with E-state index in [4.69, 9.17) is 4.74 Å². The molecule has 0 aromatic rings. The Labute approximate surface area is 97.4 Å². The minimum Gasteiger partial charge on any atom is -0.388 e. The lowest BCUT2D eigenvalue weighted by molar-refractivity contribution is -0.185. The van der Waals surface area contributed by atoms with Crippen LogP contribution in [-0.4, -0.2) is 23.4 Å². The van der Waals surface area contributed by atoms with Crippen molar-refractivity contribution in [3.8, 4) is 6.07 Å². The zero-order chi connectivity index (χ0) is 11.8. The molecule has 3 nitrogen and oxygen atoms in total. The van der Waals surface area contributed by atoms with Crippen LogP contribution in [0.5, 0.6) is 0 Å². The number of hydrogen-bond acceptors (Lipinski definition) is 3. The number of ether oxygens (including phenoxy) is 1. The molecule has 0 aliphatic heterocycles. The van der Waals surface area contributed by atoms with Crippen molar-refractivity contribution in [2.24, 2.45) is 11.3 Å². The van der Waals surface area contributed by atoms with E-state index in [0.717, 1.165) is 19.3 Å². The molecule has 0 aromatic heterocycles. The minimum absolute atomic E-state index is 0.163. The van der Waals surface area contributed by atoms with Gasteiger partial charge >= 0.3 is 0 Å². The summed E-state index contributed by atoms with van der Waals surface area (Å²) in [5.74, 6) is 0.565. The lowest BCUT2D eigenvalue weighted by Gasteiger charge is -2.51. The standard InChI is InChI=1S/C13H21NO2/c1-3-16-11-7-13(15,8-11)12(9-14)5-4-10(2)6-12/h10-11,15H,3-8H2,1-2H3. The summed E-state index contributed by atoms with van der Waals surface area (Å²) >= 11 is 0. The molecule has 0 heterocycles. The Hall–Kier alpha value is -0.590. The van der Waals surface area contributed by atoms with Crippen LogP contribution in [0.1, 0.15) is 46.0 Å². The molecular weight excluding hydrogens is 202 g/mol. The van der Waals surface area contributed by atoms with Crippen molar-refractivity contribution in [1.82, 2.24) is 0 Å². The van der Waals surface area contributed by atoms with Gasteiger partial charge in [0, 0.05) is 19.4 Å². The summed E-state index contributed by atoms with van der Waals surface area (Å²) in [6.45, 7) is 4.83. The van der Waals surface area contributed by atoms with Crippen LogP contribution in [0.2, 0.25) is 0 Å². The highest BCUT2D eigenvalue weighted by atomic mass is 16.5. The van der Waals surface area contributed by atoms with E-state index in [0.29, 0.717) is 25.4 Å². The molecular formula is C13H21NO2. The van der Waals surface area contributed by atoms with Crippen LogP contribution in [0.15, 0.2) is 0 Å². The Morgan fingerprint density at radius 1 is 1.44 bits per heavy atom. The van der Waals surface area contributed by atoms with Gasteiger partial charge in [-0.3, -0.25) is 0 Å². The minimum atomic E-state index is -0.785. The summed E-state index contributed by atoms with van der Waals surface area (Å²) < 4.78 is 5.48. The van der Waals surface area contributed by atoms with Gasteiger partial charge in [-0.25, -0.2) is 0 Å². The van der Waals surface area contributed by atoms with Gasteiger partial charge in [0.05, 0.1) is 23.2 Å². The molecule has 2 rings (SSSR count). The highest BCUT2D eigenvalue weighted by molar-refractivity contribution is 5.19. The van der Waals surface area contributed by atoms with Crippen molar-refractivity contribution in [2.45, 2.75) is 57.7 Å². The van der Waals surface area contributed by atoms with Gasteiger partial charge in [0.25, 0.3) is 0 Å². The molecule has 1 N–H and O–H groups in total. The van der Waals surface area contributed by atoms with E-state index in [1.165, 1.54) is 0 Å². The number of nitrogens with zero attached hydrogens (tertiary/aromatic N) is 1. The summed E-state index contributed by atoms with van der Waals surface area (Å²) in [6.07, 6.45) is 4.20. The van der Waals surface area contributed by atoms with Crippen LogP contribution >= 0.6 is 0 Å². The normalized spacial score (nSPS) is 47.4. The van der Waals surface area contributed by atoms with Crippen molar-refractivity contribution in [2.75, 3.05) is 6.61 Å². The third-order valence-corrected chi connectivity index (χ3v) is 4.40. The smallest absolute Gasteiger partial charge is 0.0882 e. The van der Waals surface area contributed by atoms with E-state index in [9.17, 15) is 10.4 Å². The van der Waals surface area contributed by atoms with Gasteiger partial charge in [-0.2, -0.15) is 5.26 Å². The number of nitriles is 1. The molecule has 3 heteroatoms. The Morgan fingerprint density at radius 2 is 2.12 bits per heavy atom. The second-order valence-electron chi connectivity index (χ2n) is 5.56. The maximum atomic E-state index is 10.6. The first-order valence-corrected chi connectivity index (χ1v) is 6.30. The molecule has 0 saturated heterocycles. The molecule has 0 aromatic carbocycles. The molecule has 0 radical (unpaired) electrons. The molecule has 2 aliphatic carbocycles. The van der Waals surface area contributed by atoms with Crippen molar-refractivity contribution >= 4 is 0 Å². The molecule has 2 atom stereocenters. The van der Waals surface area contributed by atoms with Crippen LogP contribution in [0.25, 0.3) is 0 Å². The highest BCUT2D eigenvalue weighted by Crippen LogP contribution is 2.56. The third kappa shape index (κ3) is 1.65. The maximum Gasteiger partial charge on any atom is 0.0882 e. The maximum absolute atomic E-state index is 10.6. The van der Waals surface area contributed by atoms with Crippen molar-refractivity contribution in [3.05, 3.63) is 0 Å². The molecule has 2 saturated carbocycles. The summed E-state index contributed by atoms with van der Waals surface area (Å²) in [7, 11) is 0. The fourth-order valence-corrected chi connectivity index (χ4v) is 3.36. The SMILES string of the molecule is CCOC1CC(O)(C2(C#N)CCC(C)C2)C1. The van der Waals surface area contributed by atoms with E-state index in [-0.39, 0.29) is 6.10 Å². The van der Waals surface area contributed by atoms with E-state index in [1.807, 2.05) is 6.92 Å². The van der Waals surface area contributed by atoms with Gasteiger partial charge in [0.15, 0.2) is 0 Å². The quantitative estimate of drug-likeness (QED) is 0.798. The monoisotopic (exact) mass is 223 g/mol. The van der Waals surface area contributed by atoms with Crippen LogP contribution in [0.4, 0.5) is 0 Å². The second kappa shape index (κ2) is 4.01. The highest BCUT2D eigenvalue weighted by Gasteiger charge is 2.60. The van der Waals surface area contributed by atoms with Gasteiger partial charge in [0.2, 0.25) is 0 Å². The predicted molar refractivity (Wildman–Crippen MR) is 60.7 cm³/mol. The van der Waals surface area contributed by atoms with E-state index >= 15 is 0 Å². The first-order valence-electron chi connectivity index (χ1n) is 6.30. The van der Waals surface area contributed by atoms with Crippen molar-refractivity contribution in [1.29, 1.82) is 5.26 Å². The van der Waals surface area contributed by atoms with Crippen LogP contribution in [0, 0.1) is 22.7 Å². The topological polar surface area (TPSA) is 53.2 Å². The number of aliphatic hydroxyl groups is 1. The number of hydrogen-bond donors (Lipinski definition) is 1. The Bertz CT molecular complexity index is 304. The third-order valence-electron chi connectivity index (χ3n) is 4.40. The fraction of sp³-hybridized carbons (Fsp3) is 0.923. The second-order valence-corrected chi connectivity index (χ2v) is 5.56. The largest absolute Gasteiger partial charge is 0.388 e. The van der Waals surface area contributed by atoms with Crippen molar-refractivity contribution in [3.63, 3.8) is 0 Å². The summed E-state index contributed by atoms with van der Waals surface area (Å²) in [5, 5.41) is 20.0. The van der Waals surface area contributed by atoms with Gasteiger partial charge in [-0.15, -0.1) is 0 Å². The first kappa shape index (κ1) is 11.9. The van der Waals surface area contributed by atoms with E-state index in [2.05, 4.69) is 13.0 Å². The molecule has 0 spiro atoms. The van der Waals surface area contributed by atoms with Crippen molar-refractivity contribution < 1.29 is 9.84 Å². The van der Waals surface area contributed by atoms with Gasteiger partial charge < -0.3 is 9.84 Å². The van der Waals surface area contributed by atoms with Crippen LogP contribution in [-0.2, 0) is 4.74 Å². The molecule has 0 amide bonds. The predicted octanol–water partition coefficient (Wildman–Crippen LogP) is 2.25. The molecule has 90 valence electrons. The average Bonchev–Trinajstić information content (AvgIpc) is 2.59. The Balaban J connectivity index is 2.04. The van der Waals surface area contributed by atoms with Gasteiger partial charge in [-0.05, 0) is 32.1 Å². The lowest BCUT2D eigenvalue weighted by atomic mass is 9.59. The molecule has 0 bridgehead atoms. The first-order chi connectivity index (χ1) is 7.55. The average molecular weight is 223 g/mol. The fourth-order valence-electron chi connectivity index (χ4n) is 3.36. The summed E-state index contributed by atoms with van der Waals surface area (Å²) in [6, 6.07) is 2.41. The van der Waals surface area contributed by atoms with Gasteiger partial charge in [-0.1, -0.05) is 6.92 Å². The number of rotatable bonds is 3. The van der Waals surface area contributed by atoms with E-state index in [1.54, 1.807) is 0 Å². The van der Waals surface area contributed by atoms with E-state index < -0.39 is 11.0 Å². The molecule has 2 unspecified atom stereocenters. The Morgan fingerprint density at radius 3 is 2.56 bits per heavy atom. The lowest BCUT2D eigenvalue weighted by Crippen LogP contribution is -2.58.